The Morgan fingerprint density at radius 2 is 2.25 bits per heavy atom. The van der Waals surface area contributed by atoms with Crippen molar-refractivity contribution < 1.29 is 19.0 Å². The zero-order valence-electron chi connectivity index (χ0n) is 9.00. The van der Waals surface area contributed by atoms with Gasteiger partial charge in [-0.3, -0.25) is 4.79 Å². The molecule has 1 aliphatic rings. The van der Waals surface area contributed by atoms with E-state index in [2.05, 4.69) is 0 Å². The van der Waals surface area contributed by atoms with E-state index in [4.69, 9.17) is 9.84 Å². The van der Waals surface area contributed by atoms with Gasteiger partial charge in [-0.25, -0.2) is 4.39 Å². The van der Waals surface area contributed by atoms with Crippen molar-refractivity contribution >= 4 is 5.97 Å². The summed E-state index contributed by atoms with van der Waals surface area (Å²) in [6.07, 6.45) is 1.69. The molecule has 3 nitrogen and oxygen atoms in total. The molecule has 1 aromatic rings. The first-order valence-electron chi connectivity index (χ1n) is 5.20. The van der Waals surface area contributed by atoms with Crippen LogP contribution in [0.4, 0.5) is 4.39 Å². The van der Waals surface area contributed by atoms with Gasteiger partial charge in [-0.15, -0.1) is 0 Å². The molecule has 1 N–H and O–H groups in total. The number of carboxylic acids is 1. The van der Waals surface area contributed by atoms with Gasteiger partial charge in [-0.2, -0.15) is 0 Å². The Morgan fingerprint density at radius 3 is 2.88 bits per heavy atom. The van der Waals surface area contributed by atoms with Crippen LogP contribution in [0, 0.1) is 11.7 Å². The van der Waals surface area contributed by atoms with Crippen LogP contribution >= 0.6 is 0 Å². The van der Waals surface area contributed by atoms with Crippen molar-refractivity contribution in [1.82, 2.24) is 0 Å². The fourth-order valence-electron chi connectivity index (χ4n) is 2.12. The van der Waals surface area contributed by atoms with Crippen LogP contribution in [0.5, 0.6) is 5.75 Å². The maximum absolute atomic E-state index is 13.4. The lowest BCUT2D eigenvalue weighted by Crippen LogP contribution is -2.22. The maximum Gasteiger partial charge on any atom is 0.306 e. The van der Waals surface area contributed by atoms with Crippen molar-refractivity contribution in [2.75, 3.05) is 7.11 Å². The Morgan fingerprint density at radius 1 is 1.50 bits per heavy atom. The molecule has 0 spiro atoms. The number of aliphatic carboxylic acids is 1. The molecule has 1 atom stereocenters. The minimum absolute atomic E-state index is 0.229. The molecule has 2 rings (SSSR count). The summed E-state index contributed by atoms with van der Waals surface area (Å²) in [5, 5.41) is 8.92. The molecule has 0 saturated heterocycles. The number of aryl methyl sites for hydroxylation is 1. The molecule has 0 heterocycles. The van der Waals surface area contributed by atoms with Gasteiger partial charge in [0.05, 0.1) is 13.0 Å². The van der Waals surface area contributed by atoms with E-state index in [0.717, 1.165) is 11.1 Å². The summed E-state index contributed by atoms with van der Waals surface area (Å²) in [5.41, 5.74) is 1.78. The standard InChI is InChI=1S/C12H13FO3/c1-16-11-6-7-2-3-8(12(14)15)4-9(7)5-10(11)13/h5-6,8H,2-4H2,1H3,(H,14,15)/t8-/m1/s1. The van der Waals surface area contributed by atoms with Crippen molar-refractivity contribution in [2.24, 2.45) is 5.92 Å². The van der Waals surface area contributed by atoms with Gasteiger partial charge < -0.3 is 9.84 Å². The van der Waals surface area contributed by atoms with E-state index in [-0.39, 0.29) is 11.7 Å². The van der Waals surface area contributed by atoms with Crippen molar-refractivity contribution in [3.63, 3.8) is 0 Å². The smallest absolute Gasteiger partial charge is 0.306 e. The average molecular weight is 224 g/mol. The zero-order valence-corrected chi connectivity index (χ0v) is 9.00. The van der Waals surface area contributed by atoms with Crippen LogP contribution in [0.2, 0.25) is 0 Å². The summed E-state index contributed by atoms with van der Waals surface area (Å²) < 4.78 is 18.3. The van der Waals surface area contributed by atoms with Crippen molar-refractivity contribution in [3.8, 4) is 5.75 Å². The Labute approximate surface area is 92.9 Å². The van der Waals surface area contributed by atoms with Gasteiger partial charge in [0.2, 0.25) is 0 Å². The molecule has 16 heavy (non-hydrogen) atoms. The highest BCUT2D eigenvalue weighted by molar-refractivity contribution is 5.71. The highest BCUT2D eigenvalue weighted by atomic mass is 19.1. The van der Waals surface area contributed by atoms with Crippen LogP contribution in [-0.2, 0) is 17.6 Å². The van der Waals surface area contributed by atoms with Crippen LogP contribution in [0.1, 0.15) is 17.5 Å². The summed E-state index contributed by atoms with van der Waals surface area (Å²) in [5.74, 6) is -1.39. The van der Waals surface area contributed by atoms with Crippen LogP contribution < -0.4 is 4.74 Å². The predicted molar refractivity (Wildman–Crippen MR) is 56.1 cm³/mol. The van der Waals surface area contributed by atoms with E-state index >= 15 is 0 Å². The number of rotatable bonds is 2. The van der Waals surface area contributed by atoms with Gasteiger partial charge in [0, 0.05) is 0 Å². The first-order chi connectivity index (χ1) is 7.61. The number of carbonyl (C=O) groups is 1. The van der Waals surface area contributed by atoms with Crippen LogP contribution in [-0.4, -0.2) is 18.2 Å². The zero-order chi connectivity index (χ0) is 11.7. The number of fused-ring (bicyclic) bond motifs is 1. The molecule has 0 radical (unpaired) electrons. The summed E-state index contributed by atoms with van der Waals surface area (Å²) in [6, 6.07) is 3.06. The molecule has 0 unspecified atom stereocenters. The van der Waals surface area contributed by atoms with Crippen molar-refractivity contribution in [1.29, 1.82) is 0 Å². The molecule has 0 amide bonds. The van der Waals surface area contributed by atoms with E-state index in [1.807, 2.05) is 0 Å². The molecule has 0 aromatic heterocycles. The largest absolute Gasteiger partial charge is 0.494 e. The highest BCUT2D eigenvalue weighted by Crippen LogP contribution is 2.30. The minimum Gasteiger partial charge on any atom is -0.494 e. The second-order valence-corrected chi connectivity index (χ2v) is 4.03. The van der Waals surface area contributed by atoms with Gasteiger partial charge in [0.1, 0.15) is 0 Å². The number of methoxy groups -OCH3 is 1. The molecule has 1 aromatic carbocycles. The summed E-state index contributed by atoms with van der Waals surface area (Å²) in [7, 11) is 1.42. The quantitative estimate of drug-likeness (QED) is 0.836. The topological polar surface area (TPSA) is 46.5 Å². The van der Waals surface area contributed by atoms with Gasteiger partial charge in [-0.05, 0) is 42.5 Å². The average Bonchev–Trinajstić information content (AvgIpc) is 2.27. The molecule has 4 heteroatoms. The summed E-state index contributed by atoms with van der Waals surface area (Å²) >= 11 is 0. The number of carboxylic acid groups (broad SMARTS) is 1. The lowest BCUT2D eigenvalue weighted by molar-refractivity contribution is -0.142. The van der Waals surface area contributed by atoms with Gasteiger partial charge >= 0.3 is 5.97 Å². The Hall–Kier alpha value is -1.58. The van der Waals surface area contributed by atoms with Crippen molar-refractivity contribution in [2.45, 2.75) is 19.3 Å². The number of halogens is 1. The van der Waals surface area contributed by atoms with Gasteiger partial charge in [0.15, 0.2) is 11.6 Å². The number of ether oxygens (including phenoxy) is 1. The van der Waals surface area contributed by atoms with E-state index in [1.54, 1.807) is 6.07 Å². The summed E-state index contributed by atoms with van der Waals surface area (Å²) in [6.45, 7) is 0. The number of hydrogen-bond acceptors (Lipinski definition) is 2. The van der Waals surface area contributed by atoms with Gasteiger partial charge in [0.25, 0.3) is 0 Å². The lowest BCUT2D eigenvalue weighted by Gasteiger charge is -2.22. The molecule has 1 aliphatic carbocycles. The monoisotopic (exact) mass is 224 g/mol. The molecule has 0 bridgehead atoms. The molecule has 0 saturated carbocycles. The lowest BCUT2D eigenvalue weighted by atomic mass is 9.84. The van der Waals surface area contributed by atoms with E-state index in [9.17, 15) is 9.18 Å². The minimum atomic E-state index is -0.804. The molecular weight excluding hydrogens is 211 g/mol. The SMILES string of the molecule is COc1cc2c(cc1F)C[C@H](C(=O)O)CC2. The fraction of sp³-hybridized carbons (Fsp3) is 0.417. The summed E-state index contributed by atoms with van der Waals surface area (Å²) in [4.78, 5) is 10.9. The first-order valence-corrected chi connectivity index (χ1v) is 5.20. The van der Waals surface area contributed by atoms with E-state index < -0.39 is 11.8 Å². The predicted octanol–water partition coefficient (Wildman–Crippen LogP) is 2.02. The van der Waals surface area contributed by atoms with Crippen molar-refractivity contribution in [3.05, 3.63) is 29.1 Å². The van der Waals surface area contributed by atoms with E-state index in [0.29, 0.717) is 19.3 Å². The second kappa shape index (κ2) is 4.12. The van der Waals surface area contributed by atoms with E-state index in [1.165, 1.54) is 13.2 Å². The molecule has 0 fully saturated rings. The Kier molecular flexibility index (Phi) is 2.81. The number of benzene rings is 1. The fourth-order valence-corrected chi connectivity index (χ4v) is 2.12. The van der Waals surface area contributed by atoms with Crippen LogP contribution in [0.25, 0.3) is 0 Å². The third-order valence-corrected chi connectivity index (χ3v) is 3.05. The first kappa shape index (κ1) is 10.9. The maximum atomic E-state index is 13.4. The van der Waals surface area contributed by atoms with Crippen LogP contribution in [0.15, 0.2) is 12.1 Å². The highest BCUT2D eigenvalue weighted by Gasteiger charge is 2.25. The Bertz CT molecular complexity index is 429. The Balaban J connectivity index is 2.33. The molecule has 86 valence electrons. The molecule has 0 aliphatic heterocycles. The second-order valence-electron chi connectivity index (χ2n) is 4.03. The number of hydrogen-bond donors (Lipinski definition) is 1. The third kappa shape index (κ3) is 1.87. The molecular formula is C12H13FO3. The van der Waals surface area contributed by atoms with Gasteiger partial charge in [-0.1, -0.05) is 0 Å². The van der Waals surface area contributed by atoms with Crippen LogP contribution in [0.3, 0.4) is 0 Å². The normalized spacial score (nSPS) is 19.0. The third-order valence-electron chi connectivity index (χ3n) is 3.05.